The number of hydrogen-bond acceptors (Lipinski definition) is 5. The quantitative estimate of drug-likeness (QED) is 0.532. The molecule has 0 saturated carbocycles. The lowest BCUT2D eigenvalue weighted by molar-refractivity contribution is 0.209. The van der Waals surface area contributed by atoms with Crippen LogP contribution in [0.25, 0.3) is 5.78 Å². The molecular weight excluding hydrogens is 311 g/mol. The lowest BCUT2D eigenvalue weighted by Gasteiger charge is -2.15. The summed E-state index contributed by atoms with van der Waals surface area (Å²) in [5.41, 5.74) is 0.696. The minimum atomic E-state index is -0.445. The van der Waals surface area contributed by atoms with E-state index in [1.165, 1.54) is 6.07 Å². The second-order valence-corrected chi connectivity index (χ2v) is 5.39. The van der Waals surface area contributed by atoms with E-state index in [4.69, 9.17) is 4.74 Å². The molecule has 0 radical (unpaired) electrons. The van der Waals surface area contributed by atoms with Gasteiger partial charge in [-0.05, 0) is 25.1 Å². The first kappa shape index (κ1) is 15.9. The van der Waals surface area contributed by atoms with Crippen LogP contribution in [0.4, 0.5) is 10.3 Å². The number of benzene rings is 1. The summed E-state index contributed by atoms with van der Waals surface area (Å²) in [4.78, 5) is 14.3. The molecule has 7 nitrogen and oxygen atoms in total. The first-order valence-electron chi connectivity index (χ1n) is 7.38. The number of rotatable bonds is 5. The second kappa shape index (κ2) is 6.61. The second-order valence-electron chi connectivity index (χ2n) is 5.39. The van der Waals surface area contributed by atoms with Crippen LogP contribution in [0.15, 0.2) is 41.5 Å². The number of hydrogen-bond donors (Lipinski definition) is 0. The molecule has 3 aromatic rings. The Bertz CT molecular complexity index is 876. The van der Waals surface area contributed by atoms with Crippen LogP contribution in [0.2, 0.25) is 0 Å². The van der Waals surface area contributed by atoms with Crippen molar-refractivity contribution in [2.75, 3.05) is 14.1 Å². The Morgan fingerprint density at radius 1 is 1.29 bits per heavy atom. The summed E-state index contributed by atoms with van der Waals surface area (Å²) in [6.45, 7) is 1.81. The molecule has 0 bridgehead atoms. The van der Waals surface area contributed by atoms with Crippen LogP contribution in [-0.2, 0) is 0 Å². The third-order valence-corrected chi connectivity index (χ3v) is 3.22. The SMILES string of the molecule is CC(Oc1ccccc1F)c1ccnc2nc(/N=C/N(C)C)nn12. The van der Waals surface area contributed by atoms with Gasteiger partial charge in [0.15, 0.2) is 11.6 Å². The maximum atomic E-state index is 13.8. The number of fused-ring (bicyclic) bond motifs is 1. The molecule has 3 rings (SSSR count). The molecule has 0 aliphatic heterocycles. The number of aromatic nitrogens is 4. The molecule has 2 aromatic heterocycles. The van der Waals surface area contributed by atoms with E-state index in [2.05, 4.69) is 20.1 Å². The van der Waals surface area contributed by atoms with Gasteiger partial charge in [0, 0.05) is 20.3 Å². The van der Waals surface area contributed by atoms with Crippen LogP contribution in [0.1, 0.15) is 18.7 Å². The highest BCUT2D eigenvalue weighted by atomic mass is 19.1. The number of aliphatic imine (C=N–C) groups is 1. The summed E-state index contributed by atoms with van der Waals surface area (Å²) in [5.74, 6) is 0.467. The van der Waals surface area contributed by atoms with E-state index >= 15 is 0 Å². The fraction of sp³-hybridized carbons (Fsp3) is 0.250. The maximum absolute atomic E-state index is 13.8. The maximum Gasteiger partial charge on any atom is 0.272 e. The zero-order valence-corrected chi connectivity index (χ0v) is 13.6. The number of halogens is 1. The number of ether oxygens (including phenoxy) is 1. The van der Waals surface area contributed by atoms with Crippen molar-refractivity contribution in [2.45, 2.75) is 13.0 Å². The van der Waals surface area contributed by atoms with Crippen LogP contribution < -0.4 is 4.74 Å². The molecule has 0 spiro atoms. The van der Waals surface area contributed by atoms with Crippen LogP contribution in [0.5, 0.6) is 5.75 Å². The van der Waals surface area contributed by atoms with Crippen molar-refractivity contribution in [1.82, 2.24) is 24.5 Å². The Balaban J connectivity index is 1.92. The molecule has 1 aromatic carbocycles. The molecule has 0 saturated heterocycles. The Morgan fingerprint density at radius 2 is 2.08 bits per heavy atom. The average molecular weight is 328 g/mol. The molecule has 0 aliphatic rings. The van der Waals surface area contributed by atoms with Gasteiger partial charge in [-0.2, -0.15) is 9.50 Å². The van der Waals surface area contributed by atoms with E-state index in [0.29, 0.717) is 17.4 Å². The van der Waals surface area contributed by atoms with Crippen molar-refractivity contribution in [2.24, 2.45) is 4.99 Å². The molecule has 0 amide bonds. The van der Waals surface area contributed by atoms with Crippen LogP contribution in [-0.4, -0.2) is 44.9 Å². The Kier molecular flexibility index (Phi) is 4.37. The van der Waals surface area contributed by atoms with Crippen LogP contribution in [0.3, 0.4) is 0 Å². The normalized spacial score (nSPS) is 12.7. The lowest BCUT2D eigenvalue weighted by Crippen LogP contribution is -2.10. The van der Waals surface area contributed by atoms with Gasteiger partial charge in [-0.25, -0.2) is 14.4 Å². The van der Waals surface area contributed by atoms with Crippen molar-refractivity contribution in [1.29, 1.82) is 0 Å². The minimum Gasteiger partial charge on any atom is -0.481 e. The van der Waals surface area contributed by atoms with Gasteiger partial charge < -0.3 is 9.64 Å². The third kappa shape index (κ3) is 3.32. The molecule has 124 valence electrons. The Morgan fingerprint density at radius 3 is 2.83 bits per heavy atom. The largest absolute Gasteiger partial charge is 0.481 e. The van der Waals surface area contributed by atoms with Gasteiger partial charge in [0.25, 0.3) is 11.7 Å². The fourth-order valence-corrected chi connectivity index (χ4v) is 2.12. The lowest BCUT2D eigenvalue weighted by atomic mass is 10.2. The van der Waals surface area contributed by atoms with E-state index in [1.54, 1.807) is 46.2 Å². The summed E-state index contributed by atoms with van der Waals surface area (Å²) < 4.78 is 21.0. The third-order valence-electron chi connectivity index (χ3n) is 3.22. The van der Waals surface area contributed by atoms with Gasteiger partial charge in [0.2, 0.25) is 0 Å². The first-order valence-corrected chi connectivity index (χ1v) is 7.38. The molecule has 1 atom stereocenters. The number of nitrogens with zero attached hydrogens (tertiary/aromatic N) is 6. The van der Waals surface area contributed by atoms with Gasteiger partial charge in [-0.15, -0.1) is 5.10 Å². The smallest absolute Gasteiger partial charge is 0.272 e. The zero-order valence-electron chi connectivity index (χ0n) is 13.6. The molecular formula is C16H17FN6O. The molecule has 0 N–H and O–H groups in total. The van der Waals surface area contributed by atoms with Gasteiger partial charge in [0.1, 0.15) is 6.10 Å². The molecule has 24 heavy (non-hydrogen) atoms. The summed E-state index contributed by atoms with van der Waals surface area (Å²) in [7, 11) is 3.71. The van der Waals surface area contributed by atoms with Gasteiger partial charge in [-0.3, -0.25) is 0 Å². The van der Waals surface area contributed by atoms with Crippen LogP contribution >= 0.6 is 0 Å². The zero-order chi connectivity index (χ0) is 17.1. The summed E-state index contributed by atoms with van der Waals surface area (Å²) >= 11 is 0. The summed E-state index contributed by atoms with van der Waals surface area (Å²) in [6.07, 6.45) is 2.77. The highest BCUT2D eigenvalue weighted by molar-refractivity contribution is 5.58. The van der Waals surface area contributed by atoms with E-state index in [0.717, 1.165) is 0 Å². The van der Waals surface area contributed by atoms with Gasteiger partial charge in [-0.1, -0.05) is 12.1 Å². The predicted molar refractivity (Wildman–Crippen MR) is 88.1 cm³/mol. The molecule has 8 heteroatoms. The van der Waals surface area contributed by atoms with E-state index in [9.17, 15) is 4.39 Å². The van der Waals surface area contributed by atoms with Crippen LogP contribution in [0, 0.1) is 5.82 Å². The monoisotopic (exact) mass is 328 g/mol. The fourth-order valence-electron chi connectivity index (χ4n) is 2.12. The molecule has 0 aliphatic carbocycles. The van der Waals surface area contributed by atoms with E-state index in [-0.39, 0.29) is 5.75 Å². The van der Waals surface area contributed by atoms with Crippen molar-refractivity contribution in [3.63, 3.8) is 0 Å². The van der Waals surface area contributed by atoms with Gasteiger partial charge in [0.05, 0.1) is 12.0 Å². The van der Waals surface area contributed by atoms with Crippen molar-refractivity contribution < 1.29 is 9.13 Å². The number of para-hydroxylation sites is 1. The van der Waals surface area contributed by atoms with E-state index in [1.807, 2.05) is 21.0 Å². The highest BCUT2D eigenvalue weighted by Crippen LogP contribution is 2.24. The highest BCUT2D eigenvalue weighted by Gasteiger charge is 2.16. The summed E-state index contributed by atoms with van der Waals surface area (Å²) in [5, 5.41) is 4.31. The van der Waals surface area contributed by atoms with Crippen molar-refractivity contribution in [3.05, 3.63) is 48.0 Å². The Labute approximate surface area is 138 Å². The van der Waals surface area contributed by atoms with Crippen molar-refractivity contribution >= 4 is 18.1 Å². The molecule has 0 fully saturated rings. The molecule has 2 heterocycles. The standard InChI is InChI=1S/C16H17FN6O/c1-11(24-14-7-5-4-6-12(14)17)13-8-9-18-16-20-15(21-23(13)16)19-10-22(2)3/h4-11H,1-3H3/b19-10+. The first-order chi connectivity index (χ1) is 11.5. The Hall–Kier alpha value is -3.03. The minimum absolute atomic E-state index is 0.181. The van der Waals surface area contributed by atoms with Gasteiger partial charge >= 0.3 is 0 Å². The average Bonchev–Trinajstić information content (AvgIpc) is 2.98. The van der Waals surface area contributed by atoms with E-state index < -0.39 is 11.9 Å². The predicted octanol–water partition coefficient (Wildman–Crippen LogP) is 2.62. The topological polar surface area (TPSA) is 67.9 Å². The van der Waals surface area contributed by atoms with Crippen molar-refractivity contribution in [3.8, 4) is 5.75 Å². The summed E-state index contributed by atoms with van der Waals surface area (Å²) in [6, 6.07) is 8.03. The molecule has 1 unspecified atom stereocenters.